The lowest BCUT2D eigenvalue weighted by Gasteiger charge is -2.10. The fourth-order valence-corrected chi connectivity index (χ4v) is 1.61. The molecule has 2 aromatic heterocycles. The van der Waals surface area contributed by atoms with Crippen LogP contribution >= 0.6 is 0 Å². The van der Waals surface area contributed by atoms with Crippen molar-refractivity contribution in [2.24, 2.45) is 0 Å². The first kappa shape index (κ1) is 13.9. The first-order chi connectivity index (χ1) is 9.38. The van der Waals surface area contributed by atoms with Crippen LogP contribution in [-0.4, -0.2) is 9.97 Å². The van der Waals surface area contributed by atoms with Gasteiger partial charge in [0.2, 0.25) is 0 Å². The normalized spacial score (nSPS) is 10.9. The summed E-state index contributed by atoms with van der Waals surface area (Å²) in [6, 6.07) is 5.19. The highest BCUT2D eigenvalue weighted by molar-refractivity contribution is 5.54. The van der Waals surface area contributed by atoms with E-state index in [9.17, 15) is 13.2 Å². The molecule has 0 aliphatic rings. The highest BCUT2D eigenvalue weighted by Crippen LogP contribution is 2.30. The van der Waals surface area contributed by atoms with Crippen LogP contribution in [0.4, 0.5) is 24.8 Å². The van der Waals surface area contributed by atoms with Gasteiger partial charge in [-0.3, -0.25) is 0 Å². The third kappa shape index (κ3) is 3.26. The Kier molecular flexibility index (Phi) is 3.61. The van der Waals surface area contributed by atoms with E-state index in [0.29, 0.717) is 11.5 Å². The summed E-state index contributed by atoms with van der Waals surface area (Å²) in [5.41, 5.74) is 0.474. The fraction of sp³-hybridized carbons (Fsp3) is 0.143. The molecule has 0 bridgehead atoms. The molecule has 20 heavy (non-hydrogen) atoms. The lowest BCUT2D eigenvalue weighted by molar-refractivity contribution is -0.137. The van der Waals surface area contributed by atoms with Gasteiger partial charge in [-0.15, -0.1) is 6.42 Å². The number of alkyl halides is 3. The van der Waals surface area contributed by atoms with Crippen molar-refractivity contribution in [2.45, 2.75) is 13.1 Å². The second kappa shape index (κ2) is 5.21. The van der Waals surface area contributed by atoms with Gasteiger partial charge in [0.25, 0.3) is 0 Å². The Morgan fingerprint density at radius 3 is 2.60 bits per heavy atom. The Labute approximate surface area is 113 Å². The summed E-state index contributed by atoms with van der Waals surface area (Å²) in [6.45, 7) is 1.81. The SMILES string of the molecule is C#Cc1cc(C)cc(Nc2cc(C(F)(F)F)ccn2)n1. The van der Waals surface area contributed by atoms with Crippen molar-refractivity contribution in [2.75, 3.05) is 5.32 Å². The summed E-state index contributed by atoms with van der Waals surface area (Å²) in [6.07, 6.45) is 1.93. The van der Waals surface area contributed by atoms with Crippen LogP contribution in [0.2, 0.25) is 0 Å². The molecule has 0 aliphatic heterocycles. The average Bonchev–Trinajstić information content (AvgIpc) is 2.37. The van der Waals surface area contributed by atoms with Gasteiger partial charge in [0.05, 0.1) is 5.56 Å². The molecule has 0 aromatic carbocycles. The van der Waals surface area contributed by atoms with E-state index in [-0.39, 0.29) is 5.82 Å². The van der Waals surface area contributed by atoms with Crippen molar-refractivity contribution in [3.05, 3.63) is 47.3 Å². The van der Waals surface area contributed by atoms with E-state index in [2.05, 4.69) is 21.2 Å². The lowest BCUT2D eigenvalue weighted by Crippen LogP contribution is -2.06. The highest BCUT2D eigenvalue weighted by atomic mass is 19.4. The zero-order valence-electron chi connectivity index (χ0n) is 10.5. The van der Waals surface area contributed by atoms with Gasteiger partial charge in [-0.1, -0.05) is 5.92 Å². The van der Waals surface area contributed by atoms with E-state index in [1.54, 1.807) is 12.1 Å². The maximum Gasteiger partial charge on any atom is 0.416 e. The molecule has 0 aliphatic carbocycles. The number of nitrogens with one attached hydrogen (secondary N) is 1. The molecule has 0 radical (unpaired) electrons. The minimum atomic E-state index is -4.41. The second-order valence-corrected chi connectivity index (χ2v) is 4.11. The molecule has 6 heteroatoms. The van der Waals surface area contributed by atoms with Gasteiger partial charge in [-0.2, -0.15) is 13.2 Å². The largest absolute Gasteiger partial charge is 0.416 e. The van der Waals surface area contributed by atoms with Crippen LogP contribution in [0.5, 0.6) is 0 Å². The maximum atomic E-state index is 12.6. The van der Waals surface area contributed by atoms with E-state index in [4.69, 9.17) is 6.42 Å². The number of terminal acetylenes is 1. The quantitative estimate of drug-likeness (QED) is 0.853. The molecule has 3 nitrogen and oxygen atoms in total. The molecule has 0 fully saturated rings. The molecule has 2 rings (SSSR count). The average molecular weight is 277 g/mol. The van der Waals surface area contributed by atoms with Crippen LogP contribution in [0.15, 0.2) is 30.5 Å². The number of rotatable bonds is 2. The zero-order chi connectivity index (χ0) is 14.8. The van der Waals surface area contributed by atoms with E-state index < -0.39 is 11.7 Å². The molecule has 2 heterocycles. The first-order valence-corrected chi connectivity index (χ1v) is 5.64. The number of halogens is 3. The predicted octanol–water partition coefficient (Wildman–Crippen LogP) is 3.53. The van der Waals surface area contributed by atoms with Crippen molar-refractivity contribution in [3.63, 3.8) is 0 Å². The Balaban J connectivity index is 2.31. The molecular formula is C14H10F3N3. The van der Waals surface area contributed by atoms with Gasteiger partial charge < -0.3 is 5.32 Å². The minimum Gasteiger partial charge on any atom is -0.325 e. The van der Waals surface area contributed by atoms with Gasteiger partial charge in [-0.25, -0.2) is 9.97 Å². The summed E-state index contributed by atoms with van der Waals surface area (Å²) in [5, 5.41) is 2.71. The molecule has 2 aromatic rings. The lowest BCUT2D eigenvalue weighted by atomic mass is 10.2. The smallest absolute Gasteiger partial charge is 0.325 e. The molecule has 1 N–H and O–H groups in total. The Morgan fingerprint density at radius 1 is 1.20 bits per heavy atom. The summed E-state index contributed by atoms with van der Waals surface area (Å²) >= 11 is 0. The van der Waals surface area contributed by atoms with Crippen molar-refractivity contribution >= 4 is 11.6 Å². The van der Waals surface area contributed by atoms with E-state index in [0.717, 1.165) is 23.9 Å². The van der Waals surface area contributed by atoms with Crippen LogP contribution in [0, 0.1) is 19.3 Å². The summed E-state index contributed by atoms with van der Waals surface area (Å²) in [5.74, 6) is 2.79. The Morgan fingerprint density at radius 2 is 1.95 bits per heavy atom. The minimum absolute atomic E-state index is 0.0564. The van der Waals surface area contributed by atoms with Crippen LogP contribution < -0.4 is 5.32 Å². The van der Waals surface area contributed by atoms with Crippen LogP contribution in [0.3, 0.4) is 0 Å². The van der Waals surface area contributed by atoms with E-state index in [1.807, 2.05) is 6.92 Å². The molecular weight excluding hydrogens is 267 g/mol. The molecule has 0 saturated carbocycles. The van der Waals surface area contributed by atoms with Crippen molar-refractivity contribution < 1.29 is 13.2 Å². The summed E-state index contributed by atoms with van der Waals surface area (Å²) in [7, 11) is 0. The molecule has 0 saturated heterocycles. The molecule has 0 atom stereocenters. The fourth-order valence-electron chi connectivity index (χ4n) is 1.61. The van der Waals surface area contributed by atoms with Gasteiger partial charge in [0.15, 0.2) is 0 Å². The number of hydrogen-bond acceptors (Lipinski definition) is 3. The molecule has 0 unspecified atom stereocenters. The predicted molar refractivity (Wildman–Crippen MR) is 69.4 cm³/mol. The highest BCUT2D eigenvalue weighted by Gasteiger charge is 2.30. The first-order valence-electron chi connectivity index (χ1n) is 5.64. The van der Waals surface area contributed by atoms with Gasteiger partial charge >= 0.3 is 6.18 Å². The van der Waals surface area contributed by atoms with Gasteiger partial charge in [0, 0.05) is 6.20 Å². The van der Waals surface area contributed by atoms with E-state index in [1.165, 1.54) is 0 Å². The Hall–Kier alpha value is -2.55. The third-order valence-electron chi connectivity index (χ3n) is 2.46. The number of aromatic nitrogens is 2. The topological polar surface area (TPSA) is 37.8 Å². The summed E-state index contributed by atoms with van der Waals surface area (Å²) < 4.78 is 37.8. The van der Waals surface area contributed by atoms with Crippen molar-refractivity contribution in [1.82, 2.24) is 9.97 Å². The Bertz CT molecular complexity index is 672. The van der Waals surface area contributed by atoms with Gasteiger partial charge in [-0.05, 0) is 36.8 Å². The number of anilines is 2. The van der Waals surface area contributed by atoms with Gasteiger partial charge in [0.1, 0.15) is 17.3 Å². The molecule has 0 amide bonds. The standard InChI is InChI=1S/C14H10F3N3/c1-3-11-6-9(2)7-13(19-11)20-12-8-10(4-5-18-12)14(15,16)17/h1,4-8H,2H3,(H,18,19,20). The van der Waals surface area contributed by atoms with Crippen molar-refractivity contribution in [3.8, 4) is 12.3 Å². The van der Waals surface area contributed by atoms with E-state index >= 15 is 0 Å². The van der Waals surface area contributed by atoms with Crippen LogP contribution in [-0.2, 0) is 6.18 Å². The molecule has 0 spiro atoms. The van der Waals surface area contributed by atoms with Crippen LogP contribution in [0.25, 0.3) is 0 Å². The number of aryl methyl sites for hydroxylation is 1. The monoisotopic (exact) mass is 277 g/mol. The van der Waals surface area contributed by atoms with Crippen LogP contribution in [0.1, 0.15) is 16.8 Å². The third-order valence-corrected chi connectivity index (χ3v) is 2.46. The number of nitrogens with zero attached hydrogens (tertiary/aromatic N) is 2. The maximum absolute atomic E-state index is 12.6. The zero-order valence-corrected chi connectivity index (χ0v) is 10.5. The molecule has 102 valence electrons. The number of hydrogen-bond donors (Lipinski definition) is 1. The number of pyridine rings is 2. The summed E-state index contributed by atoms with van der Waals surface area (Å²) in [4.78, 5) is 7.90. The second-order valence-electron chi connectivity index (χ2n) is 4.11. The van der Waals surface area contributed by atoms with Crippen molar-refractivity contribution in [1.29, 1.82) is 0 Å².